The van der Waals surface area contributed by atoms with Crippen molar-refractivity contribution >= 4 is 23.3 Å². The smallest absolute Gasteiger partial charge is 0.113 e. The molecule has 1 heterocycles. The molecule has 0 bridgehead atoms. The second-order valence-corrected chi connectivity index (χ2v) is 4.80. The number of fused-ring (bicyclic) bond motifs is 1. The fourth-order valence-corrected chi connectivity index (χ4v) is 2.15. The fraction of sp³-hybridized carbons (Fsp3) is 0.111. The van der Waals surface area contributed by atoms with E-state index in [2.05, 4.69) is 52.8 Å². The molecule has 0 atom stereocenters. The summed E-state index contributed by atoms with van der Waals surface area (Å²) >= 11 is 0. The summed E-state index contributed by atoms with van der Waals surface area (Å²) in [5.74, 6) is 0. The van der Waals surface area contributed by atoms with Crippen LogP contribution in [0.3, 0.4) is 0 Å². The highest BCUT2D eigenvalue weighted by molar-refractivity contribution is 5.75. The van der Waals surface area contributed by atoms with E-state index in [1.165, 1.54) is 5.56 Å². The lowest BCUT2D eigenvalue weighted by molar-refractivity contribution is 0.857. The number of benzene rings is 2. The third-order valence-electron chi connectivity index (χ3n) is 3.23. The van der Waals surface area contributed by atoms with Gasteiger partial charge in [0.25, 0.3) is 0 Å². The molecule has 0 aliphatic heterocycles. The van der Waals surface area contributed by atoms with Gasteiger partial charge in [0.1, 0.15) is 5.52 Å². The highest BCUT2D eigenvalue weighted by Gasteiger charge is 1.98. The van der Waals surface area contributed by atoms with Gasteiger partial charge < -0.3 is 0 Å². The number of unbranched alkanes of at least 4 members (excludes halogenated alkanes) is 1. The SMILES string of the molecule is C(=C\c1ccccc1)/CC/C=C/n1nnc2ccccc21. The maximum Gasteiger partial charge on any atom is 0.113 e. The second kappa shape index (κ2) is 6.66. The van der Waals surface area contributed by atoms with Crippen LogP contribution in [0.5, 0.6) is 0 Å². The molecule has 0 fully saturated rings. The van der Waals surface area contributed by atoms with Crippen LogP contribution in [0.15, 0.2) is 66.7 Å². The minimum absolute atomic E-state index is 0.922. The Morgan fingerprint density at radius 1 is 0.857 bits per heavy atom. The summed E-state index contributed by atoms with van der Waals surface area (Å²) in [5.41, 5.74) is 3.20. The highest BCUT2D eigenvalue weighted by atomic mass is 15.4. The Labute approximate surface area is 124 Å². The first kappa shape index (κ1) is 13.3. The summed E-state index contributed by atoms with van der Waals surface area (Å²) in [5, 5.41) is 8.24. The van der Waals surface area contributed by atoms with Gasteiger partial charge in [-0.3, -0.25) is 0 Å². The van der Waals surface area contributed by atoms with E-state index in [1.54, 1.807) is 0 Å². The van der Waals surface area contributed by atoms with Crippen molar-refractivity contribution in [2.24, 2.45) is 0 Å². The minimum atomic E-state index is 0.922. The number of hydrogen-bond donors (Lipinski definition) is 0. The summed E-state index contributed by atoms with van der Waals surface area (Å²) < 4.78 is 1.82. The van der Waals surface area contributed by atoms with Crippen LogP contribution in [-0.2, 0) is 0 Å². The molecule has 3 aromatic rings. The Morgan fingerprint density at radius 2 is 1.62 bits per heavy atom. The van der Waals surface area contributed by atoms with Gasteiger partial charge in [0.15, 0.2) is 0 Å². The van der Waals surface area contributed by atoms with E-state index < -0.39 is 0 Å². The van der Waals surface area contributed by atoms with Crippen LogP contribution in [0.25, 0.3) is 23.3 Å². The van der Waals surface area contributed by atoms with Gasteiger partial charge in [0, 0.05) is 6.20 Å². The van der Waals surface area contributed by atoms with Crippen molar-refractivity contribution in [3.63, 3.8) is 0 Å². The quantitative estimate of drug-likeness (QED) is 0.646. The van der Waals surface area contributed by atoms with Crippen LogP contribution in [0.1, 0.15) is 18.4 Å². The largest absolute Gasteiger partial charge is 0.220 e. The van der Waals surface area contributed by atoms with Crippen molar-refractivity contribution in [2.45, 2.75) is 12.8 Å². The first-order valence-electron chi connectivity index (χ1n) is 7.12. The Kier molecular flexibility index (Phi) is 4.22. The monoisotopic (exact) mass is 275 g/mol. The minimum Gasteiger partial charge on any atom is -0.220 e. The van der Waals surface area contributed by atoms with Crippen molar-refractivity contribution in [2.75, 3.05) is 0 Å². The van der Waals surface area contributed by atoms with E-state index in [9.17, 15) is 0 Å². The molecule has 1 aromatic heterocycles. The van der Waals surface area contributed by atoms with E-state index in [0.29, 0.717) is 0 Å². The summed E-state index contributed by atoms with van der Waals surface area (Å²) in [4.78, 5) is 0. The molecule has 0 N–H and O–H groups in total. The lowest BCUT2D eigenvalue weighted by Crippen LogP contribution is -1.88. The molecule has 0 aliphatic rings. The lowest BCUT2D eigenvalue weighted by Gasteiger charge is -1.93. The summed E-state index contributed by atoms with van der Waals surface area (Å²) in [6, 6.07) is 18.3. The van der Waals surface area contributed by atoms with Crippen molar-refractivity contribution < 1.29 is 0 Å². The van der Waals surface area contributed by atoms with E-state index in [0.717, 1.165) is 23.9 Å². The molecular weight excluding hydrogens is 258 g/mol. The van der Waals surface area contributed by atoms with E-state index in [4.69, 9.17) is 0 Å². The number of allylic oxidation sites excluding steroid dienone is 2. The Hall–Kier alpha value is -2.68. The number of rotatable bonds is 5. The number of hydrogen-bond acceptors (Lipinski definition) is 2. The summed E-state index contributed by atoms with van der Waals surface area (Å²) in [6.07, 6.45) is 10.4. The average Bonchev–Trinajstić information content (AvgIpc) is 2.95. The molecule has 104 valence electrons. The lowest BCUT2D eigenvalue weighted by atomic mass is 10.2. The molecule has 0 aliphatic carbocycles. The zero-order chi connectivity index (χ0) is 14.3. The number of aromatic nitrogens is 3. The first-order chi connectivity index (χ1) is 10.4. The third-order valence-corrected chi connectivity index (χ3v) is 3.23. The molecule has 3 nitrogen and oxygen atoms in total. The Morgan fingerprint density at radius 3 is 2.52 bits per heavy atom. The molecule has 0 unspecified atom stereocenters. The molecule has 0 amide bonds. The maximum absolute atomic E-state index is 4.12. The normalized spacial score (nSPS) is 11.8. The molecule has 3 heteroatoms. The van der Waals surface area contributed by atoms with Gasteiger partial charge in [0.2, 0.25) is 0 Å². The standard InChI is InChI=1S/C18H17N3/c1(4-10-16-11-5-3-6-12-16)2-9-15-21-18-14-8-7-13-17(18)19-20-21/h3-15H,1-2H2/b10-4+,15-9+. The molecule has 0 radical (unpaired) electrons. The molecule has 0 spiro atoms. The first-order valence-corrected chi connectivity index (χ1v) is 7.12. The molecule has 21 heavy (non-hydrogen) atoms. The van der Waals surface area contributed by atoms with Gasteiger partial charge in [-0.05, 0) is 30.5 Å². The zero-order valence-corrected chi connectivity index (χ0v) is 11.8. The number of para-hydroxylation sites is 1. The predicted molar refractivity (Wildman–Crippen MR) is 87.6 cm³/mol. The molecule has 3 rings (SSSR count). The van der Waals surface area contributed by atoms with Gasteiger partial charge in [-0.25, -0.2) is 4.68 Å². The topological polar surface area (TPSA) is 30.7 Å². The van der Waals surface area contributed by atoms with Gasteiger partial charge in [0.05, 0.1) is 5.52 Å². The van der Waals surface area contributed by atoms with Gasteiger partial charge in [-0.1, -0.05) is 65.9 Å². The fourth-order valence-electron chi connectivity index (χ4n) is 2.15. The van der Waals surface area contributed by atoms with Crippen molar-refractivity contribution in [3.05, 3.63) is 72.3 Å². The van der Waals surface area contributed by atoms with Crippen LogP contribution in [-0.4, -0.2) is 15.0 Å². The van der Waals surface area contributed by atoms with Crippen molar-refractivity contribution in [1.29, 1.82) is 0 Å². The Bertz CT molecular complexity index is 754. The van der Waals surface area contributed by atoms with Gasteiger partial charge in [-0.2, -0.15) is 0 Å². The molecular formula is C18H17N3. The molecule has 0 saturated heterocycles. The number of nitrogens with zero attached hydrogens (tertiary/aromatic N) is 3. The molecule has 0 saturated carbocycles. The molecule has 2 aromatic carbocycles. The van der Waals surface area contributed by atoms with Crippen molar-refractivity contribution in [1.82, 2.24) is 15.0 Å². The van der Waals surface area contributed by atoms with Crippen molar-refractivity contribution in [3.8, 4) is 0 Å². The van der Waals surface area contributed by atoms with E-state index in [-0.39, 0.29) is 0 Å². The van der Waals surface area contributed by atoms with E-state index >= 15 is 0 Å². The Balaban J connectivity index is 1.54. The van der Waals surface area contributed by atoms with E-state index in [1.807, 2.05) is 41.2 Å². The van der Waals surface area contributed by atoms with Crippen LogP contribution in [0.4, 0.5) is 0 Å². The third kappa shape index (κ3) is 3.45. The van der Waals surface area contributed by atoms with Crippen LogP contribution in [0, 0.1) is 0 Å². The van der Waals surface area contributed by atoms with Crippen LogP contribution >= 0.6 is 0 Å². The van der Waals surface area contributed by atoms with Gasteiger partial charge >= 0.3 is 0 Å². The maximum atomic E-state index is 4.12. The summed E-state index contributed by atoms with van der Waals surface area (Å²) in [6.45, 7) is 0. The van der Waals surface area contributed by atoms with Crippen LogP contribution in [0.2, 0.25) is 0 Å². The van der Waals surface area contributed by atoms with Gasteiger partial charge in [-0.15, -0.1) is 5.10 Å². The highest BCUT2D eigenvalue weighted by Crippen LogP contribution is 2.10. The summed E-state index contributed by atoms with van der Waals surface area (Å²) in [7, 11) is 0. The predicted octanol–water partition coefficient (Wildman–Crippen LogP) is 4.40. The second-order valence-electron chi connectivity index (χ2n) is 4.80. The average molecular weight is 275 g/mol. The zero-order valence-electron chi connectivity index (χ0n) is 11.8. The van der Waals surface area contributed by atoms with Crippen LogP contribution < -0.4 is 0 Å².